The Morgan fingerprint density at radius 3 is 2.50 bits per heavy atom. The van der Waals surface area contributed by atoms with Gasteiger partial charge in [-0.05, 0) is 48.9 Å². The van der Waals surface area contributed by atoms with Gasteiger partial charge in [-0.1, -0.05) is 30.1 Å². The zero-order valence-electron chi connectivity index (χ0n) is 11.8. The second-order valence-corrected chi connectivity index (χ2v) is 6.71. The first-order chi connectivity index (χ1) is 10.5. The van der Waals surface area contributed by atoms with Gasteiger partial charge in [-0.15, -0.1) is 11.8 Å². The summed E-state index contributed by atoms with van der Waals surface area (Å²) in [5, 5.41) is 3.13. The fraction of sp³-hybridized carbons (Fsp3) is 0.188. The summed E-state index contributed by atoms with van der Waals surface area (Å²) in [6.07, 6.45) is 0.661. The highest BCUT2D eigenvalue weighted by molar-refractivity contribution is 8.00. The van der Waals surface area contributed by atoms with Crippen molar-refractivity contribution < 1.29 is 9.18 Å². The monoisotopic (exact) mass is 357 g/mol. The molecule has 0 heterocycles. The Bertz CT molecular complexity index is 664. The number of hydrogen-bond acceptors (Lipinski definition) is 2. The highest BCUT2D eigenvalue weighted by atomic mass is 35.5. The largest absolute Gasteiger partial charge is 0.325 e. The molecule has 2 nitrogen and oxygen atoms in total. The van der Waals surface area contributed by atoms with Crippen LogP contribution in [-0.4, -0.2) is 11.2 Å². The lowest BCUT2D eigenvalue weighted by Crippen LogP contribution is -2.24. The van der Waals surface area contributed by atoms with Crippen molar-refractivity contribution in [3.63, 3.8) is 0 Å². The quantitative estimate of drug-likeness (QED) is 0.701. The summed E-state index contributed by atoms with van der Waals surface area (Å²) in [4.78, 5) is 13.3. The average molecular weight is 358 g/mol. The first-order valence-electron chi connectivity index (χ1n) is 6.67. The van der Waals surface area contributed by atoms with Crippen LogP contribution in [0.1, 0.15) is 13.3 Å². The minimum Gasteiger partial charge on any atom is -0.325 e. The number of carbonyl (C=O) groups is 1. The molecular weight excluding hydrogens is 344 g/mol. The molecule has 2 rings (SSSR count). The van der Waals surface area contributed by atoms with Gasteiger partial charge in [0.25, 0.3) is 0 Å². The van der Waals surface area contributed by atoms with Crippen molar-refractivity contribution in [1.82, 2.24) is 0 Å². The Hall–Kier alpha value is -1.23. The molecule has 0 aromatic heterocycles. The molecule has 0 spiro atoms. The lowest BCUT2D eigenvalue weighted by Gasteiger charge is -2.15. The Labute approximate surface area is 143 Å². The second-order valence-electron chi connectivity index (χ2n) is 4.59. The zero-order chi connectivity index (χ0) is 16.1. The van der Waals surface area contributed by atoms with Crippen LogP contribution in [0.4, 0.5) is 10.1 Å². The van der Waals surface area contributed by atoms with E-state index < -0.39 is 5.82 Å². The number of carbonyl (C=O) groups excluding carboxylic acids is 1. The van der Waals surface area contributed by atoms with Crippen molar-refractivity contribution in [2.24, 2.45) is 0 Å². The predicted molar refractivity (Wildman–Crippen MR) is 91.4 cm³/mol. The third-order valence-corrected chi connectivity index (χ3v) is 4.86. The average Bonchev–Trinajstić information content (AvgIpc) is 2.50. The molecule has 1 amide bonds. The minimum atomic E-state index is -0.512. The summed E-state index contributed by atoms with van der Waals surface area (Å²) in [6.45, 7) is 1.94. The standard InChI is InChI=1S/C16H14Cl2FNOS/c1-2-15(22-12-6-3-10(17)4-7-12)16(21)20-11-5-8-14(19)13(18)9-11/h3-9,15H,2H2,1H3,(H,20,21)/t15-/m1/s1. The van der Waals surface area contributed by atoms with E-state index in [0.29, 0.717) is 17.1 Å². The molecule has 0 unspecified atom stereocenters. The van der Waals surface area contributed by atoms with Gasteiger partial charge < -0.3 is 5.32 Å². The Kier molecular flexibility index (Phi) is 6.12. The second kappa shape index (κ2) is 7.86. The number of hydrogen-bond donors (Lipinski definition) is 1. The Balaban J connectivity index is 2.04. The first kappa shape index (κ1) is 17.1. The van der Waals surface area contributed by atoms with Crippen LogP contribution in [0.3, 0.4) is 0 Å². The molecule has 0 aliphatic carbocycles. The zero-order valence-corrected chi connectivity index (χ0v) is 14.1. The van der Waals surface area contributed by atoms with Gasteiger partial charge in [-0.25, -0.2) is 4.39 Å². The molecule has 116 valence electrons. The molecule has 0 bridgehead atoms. The third kappa shape index (κ3) is 4.63. The Morgan fingerprint density at radius 1 is 1.23 bits per heavy atom. The van der Waals surface area contributed by atoms with E-state index in [9.17, 15) is 9.18 Å². The maximum absolute atomic E-state index is 13.1. The third-order valence-electron chi connectivity index (χ3n) is 2.94. The van der Waals surface area contributed by atoms with Gasteiger partial charge in [0.2, 0.25) is 5.91 Å². The summed E-state index contributed by atoms with van der Waals surface area (Å²) in [7, 11) is 0. The molecule has 0 aliphatic heterocycles. The lowest BCUT2D eigenvalue weighted by molar-refractivity contribution is -0.115. The minimum absolute atomic E-state index is 0.0174. The number of benzene rings is 2. The van der Waals surface area contributed by atoms with Crippen LogP contribution in [0, 0.1) is 5.82 Å². The van der Waals surface area contributed by atoms with E-state index in [1.54, 1.807) is 12.1 Å². The number of amides is 1. The maximum atomic E-state index is 13.1. The molecule has 0 aliphatic rings. The van der Waals surface area contributed by atoms with Crippen LogP contribution < -0.4 is 5.32 Å². The maximum Gasteiger partial charge on any atom is 0.237 e. The van der Waals surface area contributed by atoms with Crippen molar-refractivity contribution in [3.8, 4) is 0 Å². The number of rotatable bonds is 5. The summed E-state index contributed by atoms with van der Waals surface area (Å²) in [6, 6.07) is 11.4. The van der Waals surface area contributed by atoms with Crippen molar-refractivity contribution in [1.29, 1.82) is 0 Å². The van der Waals surface area contributed by atoms with Crippen LogP contribution in [0.5, 0.6) is 0 Å². The molecule has 1 N–H and O–H groups in total. The van der Waals surface area contributed by atoms with Crippen LogP contribution in [0.25, 0.3) is 0 Å². The van der Waals surface area contributed by atoms with Crippen LogP contribution >= 0.6 is 35.0 Å². The number of thioether (sulfide) groups is 1. The first-order valence-corrected chi connectivity index (χ1v) is 8.31. The molecule has 1 atom stereocenters. The van der Waals surface area contributed by atoms with E-state index in [1.165, 1.54) is 30.0 Å². The number of anilines is 1. The van der Waals surface area contributed by atoms with Gasteiger partial charge in [0.05, 0.1) is 10.3 Å². The topological polar surface area (TPSA) is 29.1 Å². The highest BCUT2D eigenvalue weighted by Gasteiger charge is 2.18. The number of halogens is 3. The molecule has 0 radical (unpaired) electrons. The van der Waals surface area contributed by atoms with Gasteiger partial charge in [-0.3, -0.25) is 4.79 Å². The smallest absolute Gasteiger partial charge is 0.237 e. The fourth-order valence-corrected chi connectivity index (χ4v) is 3.06. The van der Waals surface area contributed by atoms with E-state index in [4.69, 9.17) is 23.2 Å². The summed E-state index contributed by atoms with van der Waals surface area (Å²) < 4.78 is 13.1. The van der Waals surface area contributed by atoms with E-state index in [2.05, 4.69) is 5.32 Å². The predicted octanol–water partition coefficient (Wildman–Crippen LogP) is 5.64. The van der Waals surface area contributed by atoms with Gasteiger partial charge >= 0.3 is 0 Å². The van der Waals surface area contributed by atoms with Gasteiger partial charge in [-0.2, -0.15) is 0 Å². The molecular formula is C16H14Cl2FNOS. The van der Waals surface area contributed by atoms with E-state index >= 15 is 0 Å². The number of nitrogens with one attached hydrogen (secondary N) is 1. The molecule has 22 heavy (non-hydrogen) atoms. The fourth-order valence-electron chi connectivity index (χ4n) is 1.80. The van der Waals surface area contributed by atoms with Gasteiger partial charge in [0, 0.05) is 15.6 Å². The molecule has 0 saturated heterocycles. The molecule has 6 heteroatoms. The van der Waals surface area contributed by atoms with Crippen LogP contribution in [0.15, 0.2) is 47.4 Å². The normalized spacial score (nSPS) is 12.0. The molecule has 2 aromatic carbocycles. The SMILES string of the molecule is CC[C@@H](Sc1ccc(Cl)cc1)C(=O)Nc1ccc(F)c(Cl)c1. The van der Waals surface area contributed by atoms with E-state index in [-0.39, 0.29) is 16.2 Å². The van der Waals surface area contributed by atoms with Crippen molar-refractivity contribution in [2.75, 3.05) is 5.32 Å². The van der Waals surface area contributed by atoms with E-state index in [0.717, 1.165) is 4.90 Å². The molecule has 2 aromatic rings. The van der Waals surface area contributed by atoms with Crippen molar-refractivity contribution >= 4 is 46.6 Å². The highest BCUT2D eigenvalue weighted by Crippen LogP contribution is 2.28. The van der Waals surface area contributed by atoms with Crippen molar-refractivity contribution in [3.05, 3.63) is 58.3 Å². The van der Waals surface area contributed by atoms with Gasteiger partial charge in [0.15, 0.2) is 0 Å². The lowest BCUT2D eigenvalue weighted by atomic mass is 10.2. The summed E-state index contributed by atoms with van der Waals surface area (Å²) >= 11 is 13.0. The van der Waals surface area contributed by atoms with Crippen LogP contribution in [-0.2, 0) is 4.79 Å². The molecule has 0 saturated carbocycles. The Morgan fingerprint density at radius 2 is 1.91 bits per heavy atom. The summed E-state index contributed by atoms with van der Waals surface area (Å²) in [5.74, 6) is -0.660. The van der Waals surface area contributed by atoms with Gasteiger partial charge in [0.1, 0.15) is 5.82 Å². The van der Waals surface area contributed by atoms with Crippen molar-refractivity contribution in [2.45, 2.75) is 23.5 Å². The van der Waals surface area contributed by atoms with Crippen LogP contribution in [0.2, 0.25) is 10.0 Å². The van der Waals surface area contributed by atoms with E-state index in [1.807, 2.05) is 19.1 Å². The summed E-state index contributed by atoms with van der Waals surface area (Å²) in [5.41, 5.74) is 0.478. The molecule has 0 fully saturated rings.